The van der Waals surface area contributed by atoms with E-state index in [1.54, 1.807) is 11.6 Å². The maximum Gasteiger partial charge on any atom is 0.259 e. The smallest absolute Gasteiger partial charge is 0.259 e. The maximum atomic E-state index is 11.8. The number of nitrogens with one attached hydrogen (secondary N) is 1. The Morgan fingerprint density at radius 1 is 1.50 bits per heavy atom. The summed E-state index contributed by atoms with van der Waals surface area (Å²) in [6.07, 6.45) is 2.68. The molecule has 0 spiro atoms. The van der Waals surface area contributed by atoms with Crippen LogP contribution in [0.5, 0.6) is 0 Å². The Balaban J connectivity index is 2.54. The predicted molar refractivity (Wildman–Crippen MR) is 68.5 cm³/mol. The van der Waals surface area contributed by atoms with Crippen LogP contribution < -0.4 is 4.72 Å². The number of hydrogen-bond acceptors (Lipinski definition) is 4. The van der Waals surface area contributed by atoms with Gasteiger partial charge in [0.15, 0.2) is 5.03 Å². The molecule has 1 aromatic rings. The van der Waals surface area contributed by atoms with E-state index >= 15 is 0 Å². The molecule has 0 saturated carbocycles. The van der Waals surface area contributed by atoms with Crippen LogP contribution in [0.3, 0.4) is 0 Å². The zero-order valence-corrected chi connectivity index (χ0v) is 12.0. The third kappa shape index (κ3) is 4.08. The quantitative estimate of drug-likeness (QED) is 0.819. The lowest BCUT2D eigenvalue weighted by atomic mass is 9.87. The molecule has 2 N–H and O–H groups in total. The van der Waals surface area contributed by atoms with Crippen LogP contribution in [-0.4, -0.2) is 35.7 Å². The van der Waals surface area contributed by atoms with Gasteiger partial charge in [0.25, 0.3) is 10.0 Å². The highest BCUT2D eigenvalue weighted by Gasteiger charge is 2.23. The standard InChI is InChI=1S/C11H21N3O3S/c1-11(2,3)9(15)5-6-13-18(16,17)10-7-14(4)8-12-10/h7-9,13,15H,5-6H2,1-4H3. The second-order valence-electron chi connectivity index (χ2n) is 5.45. The van der Waals surface area contributed by atoms with Crippen molar-refractivity contribution in [2.24, 2.45) is 12.5 Å². The van der Waals surface area contributed by atoms with Crippen LogP contribution in [-0.2, 0) is 17.1 Å². The van der Waals surface area contributed by atoms with Crippen LogP contribution in [0.25, 0.3) is 0 Å². The molecule has 1 unspecified atom stereocenters. The molecule has 0 aliphatic rings. The summed E-state index contributed by atoms with van der Waals surface area (Å²) in [6, 6.07) is 0. The van der Waals surface area contributed by atoms with Crippen molar-refractivity contribution in [3.63, 3.8) is 0 Å². The number of aliphatic hydroxyl groups is 1. The zero-order valence-electron chi connectivity index (χ0n) is 11.2. The van der Waals surface area contributed by atoms with Gasteiger partial charge in [0.1, 0.15) is 0 Å². The molecule has 0 fully saturated rings. The Hall–Kier alpha value is -0.920. The predicted octanol–water partition coefficient (Wildman–Crippen LogP) is 0.495. The van der Waals surface area contributed by atoms with E-state index in [4.69, 9.17) is 0 Å². The fourth-order valence-corrected chi connectivity index (χ4v) is 2.39. The largest absolute Gasteiger partial charge is 0.393 e. The van der Waals surface area contributed by atoms with Crippen molar-refractivity contribution in [3.8, 4) is 0 Å². The molecule has 0 aliphatic heterocycles. The fourth-order valence-electron chi connectivity index (χ4n) is 1.36. The molecule has 104 valence electrons. The van der Waals surface area contributed by atoms with E-state index in [0.717, 1.165) is 0 Å². The van der Waals surface area contributed by atoms with Crippen LogP contribution in [0, 0.1) is 5.41 Å². The van der Waals surface area contributed by atoms with Crippen LogP contribution in [0.2, 0.25) is 0 Å². The van der Waals surface area contributed by atoms with E-state index in [2.05, 4.69) is 9.71 Å². The number of nitrogens with zero attached hydrogens (tertiary/aromatic N) is 2. The fraction of sp³-hybridized carbons (Fsp3) is 0.727. The first-order valence-corrected chi connectivity index (χ1v) is 7.27. The summed E-state index contributed by atoms with van der Waals surface area (Å²) in [5.74, 6) is 0. The number of rotatable bonds is 5. The summed E-state index contributed by atoms with van der Waals surface area (Å²) in [6.45, 7) is 5.91. The van der Waals surface area contributed by atoms with E-state index in [1.165, 1.54) is 12.5 Å². The van der Waals surface area contributed by atoms with Crippen molar-refractivity contribution in [3.05, 3.63) is 12.5 Å². The van der Waals surface area contributed by atoms with Crippen LogP contribution >= 0.6 is 0 Å². The Morgan fingerprint density at radius 3 is 2.56 bits per heavy atom. The molecule has 1 heterocycles. The molecule has 0 aliphatic carbocycles. The van der Waals surface area contributed by atoms with Gasteiger partial charge in [-0.3, -0.25) is 0 Å². The first kappa shape index (κ1) is 15.1. The lowest BCUT2D eigenvalue weighted by Crippen LogP contribution is -2.32. The number of aryl methyl sites for hydroxylation is 1. The number of imidazole rings is 1. The van der Waals surface area contributed by atoms with Gasteiger partial charge in [0.05, 0.1) is 12.4 Å². The number of aliphatic hydroxyl groups excluding tert-OH is 1. The normalized spacial score (nSPS) is 14.7. The Labute approximate surface area is 108 Å². The van der Waals surface area contributed by atoms with E-state index in [0.29, 0.717) is 6.42 Å². The third-order valence-electron chi connectivity index (χ3n) is 2.67. The summed E-state index contributed by atoms with van der Waals surface area (Å²) in [5.41, 5.74) is -0.254. The van der Waals surface area contributed by atoms with Gasteiger partial charge < -0.3 is 9.67 Å². The average molecular weight is 275 g/mol. The molecule has 7 heteroatoms. The minimum atomic E-state index is -3.57. The van der Waals surface area contributed by atoms with Crippen LogP contribution in [0.4, 0.5) is 0 Å². The number of aromatic nitrogens is 2. The van der Waals surface area contributed by atoms with Gasteiger partial charge in [-0.25, -0.2) is 18.1 Å². The molecular formula is C11H21N3O3S. The lowest BCUT2D eigenvalue weighted by molar-refractivity contribution is 0.0571. The van der Waals surface area contributed by atoms with Gasteiger partial charge in [-0.15, -0.1) is 0 Å². The molecule has 1 atom stereocenters. The molecule has 0 saturated heterocycles. The molecule has 1 aromatic heterocycles. The number of hydrogen-bond donors (Lipinski definition) is 2. The summed E-state index contributed by atoms with van der Waals surface area (Å²) in [5, 5.41) is 9.80. The molecule has 18 heavy (non-hydrogen) atoms. The summed E-state index contributed by atoms with van der Waals surface area (Å²) >= 11 is 0. The van der Waals surface area contributed by atoms with Crippen molar-refractivity contribution in [1.82, 2.24) is 14.3 Å². The molecule has 6 nitrogen and oxygen atoms in total. The van der Waals surface area contributed by atoms with Crippen molar-refractivity contribution < 1.29 is 13.5 Å². The van der Waals surface area contributed by atoms with Crippen molar-refractivity contribution in [2.75, 3.05) is 6.54 Å². The minimum Gasteiger partial charge on any atom is -0.393 e. The minimum absolute atomic E-state index is 0.00440. The topological polar surface area (TPSA) is 84.2 Å². The first-order chi connectivity index (χ1) is 8.13. The monoisotopic (exact) mass is 275 g/mol. The van der Waals surface area contributed by atoms with Gasteiger partial charge in [-0.1, -0.05) is 20.8 Å². The van der Waals surface area contributed by atoms with E-state index in [1.807, 2.05) is 20.8 Å². The average Bonchev–Trinajstić information content (AvgIpc) is 2.63. The van der Waals surface area contributed by atoms with Gasteiger partial charge in [-0.2, -0.15) is 0 Å². The highest BCUT2D eigenvalue weighted by atomic mass is 32.2. The highest BCUT2D eigenvalue weighted by molar-refractivity contribution is 7.89. The lowest BCUT2D eigenvalue weighted by Gasteiger charge is -2.25. The van der Waals surface area contributed by atoms with E-state index < -0.39 is 16.1 Å². The second-order valence-corrected chi connectivity index (χ2v) is 7.16. The summed E-state index contributed by atoms with van der Waals surface area (Å²) in [4.78, 5) is 3.78. The van der Waals surface area contributed by atoms with Crippen molar-refractivity contribution in [1.29, 1.82) is 0 Å². The van der Waals surface area contributed by atoms with Crippen LogP contribution in [0.1, 0.15) is 27.2 Å². The van der Waals surface area contributed by atoms with Gasteiger partial charge in [-0.05, 0) is 11.8 Å². The summed E-state index contributed by atoms with van der Waals surface area (Å²) < 4.78 is 27.6. The Morgan fingerprint density at radius 2 is 2.11 bits per heavy atom. The first-order valence-electron chi connectivity index (χ1n) is 5.78. The molecule has 0 bridgehead atoms. The Bertz CT molecular complexity index is 488. The second kappa shape index (κ2) is 5.38. The van der Waals surface area contributed by atoms with E-state index in [-0.39, 0.29) is 17.0 Å². The maximum absolute atomic E-state index is 11.8. The molecule has 0 amide bonds. The molecule has 1 rings (SSSR count). The molecule has 0 radical (unpaired) electrons. The molecular weight excluding hydrogens is 254 g/mol. The zero-order chi connectivity index (χ0) is 14.0. The third-order valence-corrected chi connectivity index (χ3v) is 4.01. The van der Waals surface area contributed by atoms with E-state index in [9.17, 15) is 13.5 Å². The summed E-state index contributed by atoms with van der Waals surface area (Å²) in [7, 11) is -1.87. The SMILES string of the molecule is Cn1cnc(S(=O)(=O)NCCC(O)C(C)(C)C)c1. The van der Waals surface area contributed by atoms with Crippen LogP contribution in [0.15, 0.2) is 17.6 Å². The molecule has 0 aromatic carbocycles. The van der Waals surface area contributed by atoms with Crippen molar-refractivity contribution in [2.45, 2.75) is 38.3 Å². The van der Waals surface area contributed by atoms with Gasteiger partial charge in [0.2, 0.25) is 0 Å². The van der Waals surface area contributed by atoms with Crippen molar-refractivity contribution >= 4 is 10.0 Å². The number of sulfonamides is 1. The Kier molecular flexibility index (Phi) is 4.52. The highest BCUT2D eigenvalue weighted by Crippen LogP contribution is 2.21. The van der Waals surface area contributed by atoms with Gasteiger partial charge in [0, 0.05) is 19.8 Å². The van der Waals surface area contributed by atoms with Gasteiger partial charge >= 0.3 is 0 Å².